The number of hydrogen-bond donors (Lipinski definition) is 2. The van der Waals surface area contributed by atoms with Gasteiger partial charge >= 0.3 is 12.2 Å². The zero-order valence-electron chi connectivity index (χ0n) is 15.1. The Labute approximate surface area is 161 Å². The molecule has 0 aromatic heterocycles. The van der Waals surface area contributed by atoms with Crippen LogP contribution in [0, 0.1) is 0 Å². The molecule has 0 saturated carbocycles. The van der Waals surface area contributed by atoms with E-state index in [0.717, 1.165) is 48.7 Å². The normalized spacial score (nSPS) is 11.7. The number of benzene rings is 1. The molecule has 26 heavy (non-hydrogen) atoms. The highest BCUT2D eigenvalue weighted by molar-refractivity contribution is 7.94. The summed E-state index contributed by atoms with van der Waals surface area (Å²) in [7, 11) is 0. The summed E-state index contributed by atoms with van der Waals surface area (Å²) >= 11 is 1.45. The minimum Gasteiger partial charge on any atom is -0.351 e. The minimum atomic E-state index is -0.636. The number of carbonyl (C=O) groups is 2. The van der Waals surface area contributed by atoms with Crippen LogP contribution in [0.15, 0.2) is 33.1 Å². The van der Waals surface area contributed by atoms with Crippen molar-refractivity contribution in [2.75, 3.05) is 10.6 Å². The molecule has 1 rings (SSSR count). The lowest BCUT2D eigenvalue weighted by Gasteiger charge is -2.06. The van der Waals surface area contributed by atoms with Gasteiger partial charge in [0.15, 0.2) is 0 Å². The van der Waals surface area contributed by atoms with Gasteiger partial charge in [0.05, 0.1) is 0 Å². The predicted molar refractivity (Wildman–Crippen MR) is 109 cm³/mol. The molecule has 1 aromatic rings. The van der Waals surface area contributed by atoms with E-state index in [1.165, 1.54) is 0 Å². The van der Waals surface area contributed by atoms with Crippen LogP contribution >= 0.6 is 24.5 Å². The highest BCUT2D eigenvalue weighted by Crippen LogP contribution is 2.16. The number of rotatable bonds is 8. The van der Waals surface area contributed by atoms with Crippen LogP contribution in [0.25, 0.3) is 0 Å². The summed E-state index contributed by atoms with van der Waals surface area (Å²) in [5, 5.41) is 5.10. The van der Waals surface area contributed by atoms with Crippen LogP contribution in [0.1, 0.15) is 40.5 Å². The Hall–Kier alpha value is -2.20. The van der Waals surface area contributed by atoms with Crippen LogP contribution in [0.5, 0.6) is 0 Å². The van der Waals surface area contributed by atoms with E-state index in [2.05, 4.69) is 19.4 Å². The zero-order chi connectivity index (χ0) is 19.4. The van der Waals surface area contributed by atoms with Gasteiger partial charge in [-0.25, -0.2) is 9.59 Å². The van der Waals surface area contributed by atoms with Gasteiger partial charge in [-0.1, -0.05) is 13.8 Å². The van der Waals surface area contributed by atoms with Crippen molar-refractivity contribution in [2.24, 2.45) is 8.80 Å². The van der Waals surface area contributed by atoms with E-state index in [1.54, 1.807) is 24.3 Å². The molecule has 0 fully saturated rings. The number of hydrogen-bond acceptors (Lipinski definition) is 8. The summed E-state index contributed by atoms with van der Waals surface area (Å²) in [4.78, 5) is 23.2. The third kappa shape index (κ3) is 9.33. The van der Waals surface area contributed by atoms with Crippen molar-refractivity contribution in [3.05, 3.63) is 24.3 Å². The average Bonchev–Trinajstić information content (AvgIpc) is 2.62. The van der Waals surface area contributed by atoms with Crippen LogP contribution < -0.4 is 10.6 Å². The molecule has 8 nitrogen and oxygen atoms in total. The molecule has 0 bridgehead atoms. The van der Waals surface area contributed by atoms with Crippen LogP contribution in [0.3, 0.4) is 0 Å². The summed E-state index contributed by atoms with van der Waals surface area (Å²) in [6, 6.07) is 6.48. The molecule has 0 spiro atoms. The summed E-state index contributed by atoms with van der Waals surface area (Å²) < 4.78 is 17.7. The lowest BCUT2D eigenvalue weighted by Crippen LogP contribution is -2.11. The molecule has 0 aliphatic rings. The number of carbonyl (C=O) groups excluding carboxylic acids is 2. The van der Waals surface area contributed by atoms with Crippen LogP contribution in [-0.4, -0.2) is 23.6 Å². The fourth-order valence-corrected chi connectivity index (χ4v) is 2.08. The monoisotopic (exact) mass is 398 g/mol. The number of nitrogens with zero attached hydrogens (tertiary/aromatic N) is 2. The second-order valence-corrected chi connectivity index (χ2v) is 6.07. The SMILES string of the molecule is CC/C(C)=N/SOC(=O)Nc1ccc(NC(=O)OS/N=C(\C)CC)cc1. The van der Waals surface area contributed by atoms with Gasteiger partial charge in [0.1, 0.15) is 0 Å². The first-order chi connectivity index (χ1) is 12.4. The summed E-state index contributed by atoms with van der Waals surface area (Å²) in [5.41, 5.74) is 2.78. The average molecular weight is 399 g/mol. The molecule has 0 atom stereocenters. The molecule has 1 aromatic carbocycles. The second kappa shape index (κ2) is 12.2. The quantitative estimate of drug-likeness (QED) is 0.333. The largest absolute Gasteiger partial charge is 0.425 e. The first-order valence-electron chi connectivity index (χ1n) is 7.90. The van der Waals surface area contributed by atoms with Gasteiger partial charge in [-0.2, -0.15) is 8.80 Å². The van der Waals surface area contributed by atoms with Crippen molar-refractivity contribution in [1.29, 1.82) is 0 Å². The molecule has 0 aliphatic carbocycles. The molecule has 0 unspecified atom stereocenters. The topological polar surface area (TPSA) is 101 Å². The fourth-order valence-electron chi connectivity index (χ4n) is 1.28. The number of anilines is 2. The Balaban J connectivity index is 2.40. The lowest BCUT2D eigenvalue weighted by molar-refractivity contribution is 0.221. The standard InChI is InChI=1S/C16H22N4O4S2/c1-5-11(3)19-25-23-15(21)17-13-7-9-14(10-8-13)18-16(22)24-26-20-12(4)6-2/h7-10H,5-6H2,1-4H3,(H,17,21)(H,18,22)/b19-11+,20-12+. The molecule has 2 amide bonds. The molecule has 142 valence electrons. The van der Waals surface area contributed by atoms with Crippen LogP contribution in [0.2, 0.25) is 0 Å². The van der Waals surface area contributed by atoms with Crippen LogP contribution in [0.4, 0.5) is 21.0 Å². The molecule has 0 aliphatic heterocycles. The molecular formula is C16H22N4O4S2. The lowest BCUT2D eigenvalue weighted by atomic mass is 10.3. The van der Waals surface area contributed by atoms with E-state index in [1.807, 2.05) is 27.7 Å². The van der Waals surface area contributed by atoms with Crippen molar-refractivity contribution in [3.8, 4) is 0 Å². The van der Waals surface area contributed by atoms with Crippen molar-refractivity contribution in [3.63, 3.8) is 0 Å². The molecule has 0 saturated heterocycles. The molecular weight excluding hydrogens is 376 g/mol. The molecule has 0 radical (unpaired) electrons. The first kappa shape index (κ1) is 21.8. The Morgan fingerprint density at radius 1 is 0.846 bits per heavy atom. The van der Waals surface area contributed by atoms with E-state index < -0.39 is 12.2 Å². The molecule has 2 N–H and O–H groups in total. The second-order valence-electron chi connectivity index (χ2n) is 5.08. The maximum absolute atomic E-state index is 11.6. The minimum absolute atomic E-state index is 0.517. The maximum atomic E-state index is 11.6. The smallest absolute Gasteiger partial charge is 0.351 e. The molecule has 10 heteroatoms. The van der Waals surface area contributed by atoms with Crippen LogP contribution in [-0.2, 0) is 8.37 Å². The Morgan fingerprint density at radius 2 is 1.19 bits per heavy atom. The van der Waals surface area contributed by atoms with E-state index >= 15 is 0 Å². The Bertz CT molecular complexity index is 606. The van der Waals surface area contributed by atoms with Gasteiger partial charge in [0.2, 0.25) is 24.5 Å². The van der Waals surface area contributed by atoms with Gasteiger partial charge in [-0.15, -0.1) is 0 Å². The third-order valence-electron chi connectivity index (χ3n) is 3.01. The maximum Gasteiger partial charge on any atom is 0.425 e. The van der Waals surface area contributed by atoms with Crippen molar-refractivity contribution in [1.82, 2.24) is 0 Å². The predicted octanol–water partition coefficient (Wildman–Crippen LogP) is 5.65. The zero-order valence-corrected chi connectivity index (χ0v) is 16.7. The highest BCUT2D eigenvalue weighted by atomic mass is 32.2. The van der Waals surface area contributed by atoms with Crippen molar-refractivity contribution in [2.45, 2.75) is 40.5 Å². The van der Waals surface area contributed by atoms with Crippen molar-refractivity contribution < 1.29 is 18.0 Å². The highest BCUT2D eigenvalue weighted by Gasteiger charge is 2.06. The van der Waals surface area contributed by atoms with Gasteiger partial charge in [0.25, 0.3) is 0 Å². The number of amides is 2. The van der Waals surface area contributed by atoms with Gasteiger partial charge in [-0.3, -0.25) is 10.6 Å². The fraction of sp³-hybridized carbons (Fsp3) is 0.375. The van der Waals surface area contributed by atoms with E-state index in [0.29, 0.717) is 11.4 Å². The number of nitrogens with one attached hydrogen (secondary N) is 2. The van der Waals surface area contributed by atoms with E-state index in [-0.39, 0.29) is 0 Å². The summed E-state index contributed by atoms with van der Waals surface area (Å²) in [6.07, 6.45) is 0.308. The van der Waals surface area contributed by atoms with E-state index in [4.69, 9.17) is 8.37 Å². The van der Waals surface area contributed by atoms with E-state index in [9.17, 15) is 9.59 Å². The van der Waals surface area contributed by atoms with Gasteiger partial charge in [-0.05, 0) is 51.0 Å². The summed E-state index contributed by atoms with van der Waals surface area (Å²) in [6.45, 7) is 7.62. The van der Waals surface area contributed by atoms with Gasteiger partial charge < -0.3 is 8.37 Å². The van der Waals surface area contributed by atoms with Crippen molar-refractivity contribution >= 4 is 59.4 Å². The third-order valence-corrected chi connectivity index (χ3v) is 4.24. The Morgan fingerprint density at radius 3 is 1.50 bits per heavy atom. The van der Waals surface area contributed by atoms with Gasteiger partial charge in [0, 0.05) is 22.8 Å². The Kier molecular flexibility index (Phi) is 10.3. The molecule has 0 heterocycles. The summed E-state index contributed by atoms with van der Waals surface area (Å²) in [5.74, 6) is 0. The first-order valence-corrected chi connectivity index (χ1v) is 9.30.